The third-order valence-electron chi connectivity index (χ3n) is 4.64. The number of halogens is 1. The van der Waals surface area contributed by atoms with Gasteiger partial charge in [0.15, 0.2) is 6.23 Å². The van der Waals surface area contributed by atoms with Gasteiger partial charge in [-0.1, -0.05) is 11.2 Å². The summed E-state index contributed by atoms with van der Waals surface area (Å²) in [5.41, 5.74) is 1.68. The number of nitrogens with zero attached hydrogens (tertiary/aromatic N) is 6. The van der Waals surface area contributed by atoms with Gasteiger partial charge in [0.2, 0.25) is 11.9 Å². The molecular formula is C18H20FN7O2. The Morgan fingerprint density at radius 2 is 2.25 bits per heavy atom. The lowest BCUT2D eigenvalue weighted by atomic mass is 10.0. The monoisotopic (exact) mass is 385 g/mol. The summed E-state index contributed by atoms with van der Waals surface area (Å²) in [4.78, 5) is 12.3. The number of carbonyl (C=O) groups excluding carboxylic acids is 1. The minimum Gasteiger partial charge on any atom is -0.356 e. The molecule has 1 amide bonds. The van der Waals surface area contributed by atoms with Gasteiger partial charge in [0.1, 0.15) is 5.82 Å². The van der Waals surface area contributed by atoms with Gasteiger partial charge in [-0.15, -0.1) is 0 Å². The van der Waals surface area contributed by atoms with Gasteiger partial charge in [0.25, 0.3) is 0 Å². The van der Waals surface area contributed by atoms with Crippen LogP contribution in [0, 0.1) is 5.82 Å². The standard InChI is InChI=1S/C18H20FN7O2/c1-25-18(22-23-24-25)21-16(27)11-12-5-6-14(19)13(10-12)15-7-8-20-26(15)17-4-2-3-9-28-17/h5-8,10,17H,2-4,9,11H2,1H3,(H,21,22,24,27)/t17-/m1/s1. The van der Waals surface area contributed by atoms with E-state index in [0.29, 0.717) is 23.4 Å². The first-order valence-corrected chi connectivity index (χ1v) is 9.08. The average molecular weight is 385 g/mol. The van der Waals surface area contributed by atoms with Crippen molar-refractivity contribution in [3.05, 3.63) is 41.8 Å². The molecule has 0 radical (unpaired) electrons. The summed E-state index contributed by atoms with van der Waals surface area (Å²) < 4.78 is 23.4. The van der Waals surface area contributed by atoms with Crippen LogP contribution in [0.4, 0.5) is 10.3 Å². The summed E-state index contributed by atoms with van der Waals surface area (Å²) in [6, 6.07) is 6.37. The van der Waals surface area contributed by atoms with Crippen LogP contribution in [0.15, 0.2) is 30.5 Å². The first-order chi connectivity index (χ1) is 13.6. The lowest BCUT2D eigenvalue weighted by Gasteiger charge is -2.24. The van der Waals surface area contributed by atoms with Crippen LogP contribution >= 0.6 is 0 Å². The largest absolute Gasteiger partial charge is 0.356 e. The van der Waals surface area contributed by atoms with Gasteiger partial charge in [-0.3, -0.25) is 10.1 Å². The van der Waals surface area contributed by atoms with Gasteiger partial charge in [-0.2, -0.15) is 5.10 Å². The summed E-state index contributed by atoms with van der Waals surface area (Å²) in [6.45, 7) is 0.670. The van der Waals surface area contributed by atoms with E-state index in [2.05, 4.69) is 25.9 Å². The predicted octanol–water partition coefficient (Wildman–Crippen LogP) is 2.09. The number of hydrogen-bond acceptors (Lipinski definition) is 6. The van der Waals surface area contributed by atoms with Crippen molar-refractivity contribution < 1.29 is 13.9 Å². The fourth-order valence-corrected chi connectivity index (χ4v) is 3.24. The molecule has 3 aromatic rings. The summed E-state index contributed by atoms with van der Waals surface area (Å²) in [7, 11) is 1.63. The fourth-order valence-electron chi connectivity index (χ4n) is 3.24. The van der Waals surface area contributed by atoms with Crippen LogP contribution in [-0.2, 0) is 23.0 Å². The second-order valence-electron chi connectivity index (χ2n) is 6.65. The molecule has 0 saturated carbocycles. The molecule has 10 heteroatoms. The number of aromatic nitrogens is 6. The molecule has 28 heavy (non-hydrogen) atoms. The number of aryl methyl sites for hydroxylation is 1. The Morgan fingerprint density at radius 3 is 3.00 bits per heavy atom. The Kier molecular flexibility index (Phi) is 5.11. The van der Waals surface area contributed by atoms with E-state index in [-0.39, 0.29) is 30.3 Å². The van der Waals surface area contributed by atoms with Crippen molar-refractivity contribution in [2.24, 2.45) is 7.05 Å². The smallest absolute Gasteiger partial charge is 0.249 e. The molecule has 146 valence electrons. The first-order valence-electron chi connectivity index (χ1n) is 9.08. The molecule has 1 saturated heterocycles. The normalized spacial score (nSPS) is 16.9. The van der Waals surface area contributed by atoms with Crippen molar-refractivity contribution in [2.45, 2.75) is 31.9 Å². The second-order valence-corrected chi connectivity index (χ2v) is 6.65. The number of rotatable bonds is 5. The number of benzene rings is 1. The highest BCUT2D eigenvalue weighted by Gasteiger charge is 2.21. The molecule has 0 unspecified atom stereocenters. The molecular weight excluding hydrogens is 365 g/mol. The van der Waals surface area contributed by atoms with Crippen LogP contribution < -0.4 is 5.32 Å². The number of tetrazole rings is 1. The third-order valence-corrected chi connectivity index (χ3v) is 4.64. The Labute approximate surface area is 160 Å². The lowest BCUT2D eigenvalue weighted by molar-refractivity contribution is -0.115. The maximum absolute atomic E-state index is 14.6. The number of nitrogens with one attached hydrogen (secondary N) is 1. The number of ether oxygens (including phenoxy) is 1. The highest BCUT2D eigenvalue weighted by Crippen LogP contribution is 2.30. The van der Waals surface area contributed by atoms with Gasteiger partial charge in [0.05, 0.1) is 12.1 Å². The fraction of sp³-hybridized carbons (Fsp3) is 0.389. The summed E-state index contributed by atoms with van der Waals surface area (Å²) in [5, 5.41) is 17.8. The van der Waals surface area contributed by atoms with Gasteiger partial charge < -0.3 is 4.74 Å². The molecule has 9 nitrogen and oxygen atoms in total. The highest BCUT2D eigenvalue weighted by molar-refractivity contribution is 5.90. The van der Waals surface area contributed by atoms with E-state index in [1.165, 1.54) is 10.7 Å². The number of carbonyl (C=O) groups is 1. The molecule has 0 bridgehead atoms. The Hall–Kier alpha value is -3.14. The van der Waals surface area contributed by atoms with E-state index >= 15 is 0 Å². The van der Waals surface area contributed by atoms with E-state index in [4.69, 9.17) is 4.74 Å². The summed E-state index contributed by atoms with van der Waals surface area (Å²) in [6.07, 6.45) is 4.40. The minimum absolute atomic E-state index is 0.0637. The zero-order valence-corrected chi connectivity index (χ0v) is 15.4. The van der Waals surface area contributed by atoms with Gasteiger partial charge >= 0.3 is 0 Å². The van der Waals surface area contributed by atoms with Crippen LogP contribution in [-0.4, -0.2) is 42.5 Å². The van der Waals surface area contributed by atoms with Crippen LogP contribution in [0.2, 0.25) is 0 Å². The zero-order valence-electron chi connectivity index (χ0n) is 15.4. The van der Waals surface area contributed by atoms with E-state index in [9.17, 15) is 9.18 Å². The SMILES string of the molecule is Cn1nnnc1NC(=O)Cc1ccc(F)c(-c2ccnn2[C@H]2CCCCO2)c1. The van der Waals surface area contributed by atoms with Crippen molar-refractivity contribution >= 4 is 11.9 Å². The third kappa shape index (κ3) is 3.77. The molecule has 2 aromatic heterocycles. The number of hydrogen-bond donors (Lipinski definition) is 1. The van der Waals surface area contributed by atoms with Crippen molar-refractivity contribution in [2.75, 3.05) is 11.9 Å². The van der Waals surface area contributed by atoms with Crippen molar-refractivity contribution in [1.82, 2.24) is 30.0 Å². The lowest BCUT2D eigenvalue weighted by Crippen LogP contribution is -2.20. The van der Waals surface area contributed by atoms with Crippen LogP contribution in [0.1, 0.15) is 31.1 Å². The Balaban J connectivity index is 1.55. The van der Waals surface area contributed by atoms with E-state index < -0.39 is 0 Å². The van der Waals surface area contributed by atoms with E-state index in [1.54, 1.807) is 36.1 Å². The molecule has 0 aliphatic carbocycles. The molecule has 1 fully saturated rings. The Bertz CT molecular complexity index is 978. The maximum atomic E-state index is 14.6. The molecule has 1 aliphatic rings. The quantitative estimate of drug-likeness (QED) is 0.722. The molecule has 1 aromatic carbocycles. The molecule has 3 heterocycles. The summed E-state index contributed by atoms with van der Waals surface area (Å²) in [5.74, 6) is -0.418. The predicted molar refractivity (Wildman–Crippen MR) is 97.6 cm³/mol. The van der Waals surface area contributed by atoms with Gasteiger partial charge in [0, 0.05) is 25.4 Å². The number of anilines is 1. The Morgan fingerprint density at radius 1 is 1.36 bits per heavy atom. The topological polar surface area (TPSA) is 99.8 Å². The van der Waals surface area contributed by atoms with E-state index in [1.807, 2.05) is 0 Å². The van der Waals surface area contributed by atoms with Crippen LogP contribution in [0.25, 0.3) is 11.3 Å². The maximum Gasteiger partial charge on any atom is 0.249 e. The minimum atomic E-state index is -0.376. The van der Waals surface area contributed by atoms with E-state index in [0.717, 1.165) is 19.3 Å². The van der Waals surface area contributed by atoms with Gasteiger partial charge in [-0.25, -0.2) is 13.8 Å². The highest BCUT2D eigenvalue weighted by atomic mass is 19.1. The molecule has 1 N–H and O–H groups in total. The van der Waals surface area contributed by atoms with Gasteiger partial charge in [-0.05, 0) is 53.5 Å². The summed E-state index contributed by atoms with van der Waals surface area (Å²) >= 11 is 0. The van der Waals surface area contributed by atoms with Crippen LogP contribution in [0.5, 0.6) is 0 Å². The second kappa shape index (κ2) is 7.85. The zero-order chi connectivity index (χ0) is 19.5. The van der Waals surface area contributed by atoms with Crippen molar-refractivity contribution in [1.29, 1.82) is 0 Å². The molecule has 0 spiro atoms. The average Bonchev–Trinajstić information content (AvgIpc) is 3.33. The van der Waals surface area contributed by atoms with Crippen molar-refractivity contribution in [3.8, 4) is 11.3 Å². The molecule has 4 rings (SSSR count). The first kappa shape index (κ1) is 18.2. The van der Waals surface area contributed by atoms with Crippen LogP contribution in [0.3, 0.4) is 0 Å². The number of amides is 1. The molecule has 1 atom stereocenters. The van der Waals surface area contributed by atoms with Crippen molar-refractivity contribution in [3.63, 3.8) is 0 Å². The molecule has 1 aliphatic heterocycles.